The zero-order chi connectivity index (χ0) is 20.8. The molecular formula is C20H27N5O2S. The Kier molecular flexibility index (Phi) is 5.29. The third-order valence-electron chi connectivity index (χ3n) is 4.62. The second-order valence-electron chi connectivity index (χ2n) is 8.17. The molecule has 0 fully saturated rings. The lowest BCUT2D eigenvalue weighted by Crippen LogP contribution is -2.35. The Morgan fingerprint density at radius 1 is 1.21 bits per heavy atom. The second kappa shape index (κ2) is 7.25. The van der Waals surface area contributed by atoms with E-state index < -0.39 is 15.7 Å². The topological polar surface area (TPSA) is 81.8 Å². The van der Waals surface area contributed by atoms with Crippen molar-refractivity contribution in [1.82, 2.24) is 24.1 Å². The van der Waals surface area contributed by atoms with Crippen molar-refractivity contribution in [3.05, 3.63) is 46.0 Å². The van der Waals surface area contributed by atoms with Crippen molar-refractivity contribution < 1.29 is 4.21 Å². The summed E-state index contributed by atoms with van der Waals surface area (Å²) >= 11 is 0. The summed E-state index contributed by atoms with van der Waals surface area (Å²) in [7, 11) is 2.30. The van der Waals surface area contributed by atoms with E-state index in [9.17, 15) is 9.00 Å². The Morgan fingerprint density at radius 2 is 1.89 bits per heavy atom. The van der Waals surface area contributed by atoms with Crippen LogP contribution in [0.5, 0.6) is 0 Å². The van der Waals surface area contributed by atoms with Crippen LogP contribution < -0.4 is 10.3 Å². The van der Waals surface area contributed by atoms with E-state index in [1.165, 1.54) is 0 Å². The standard InChI is InChI=1S/C20H27N5O2S/c1-12-8-15(13(2)23-28(27)20(3,4)5)17-16(9-12)19(26)25(7)18(22-17)14-10-21-24(6)11-14/h8-11,13,23H,1-7H3/t13-,28-/m1/s1. The lowest BCUT2D eigenvalue weighted by Gasteiger charge is -2.23. The van der Waals surface area contributed by atoms with Crippen LogP contribution in [-0.2, 0) is 25.1 Å². The molecule has 7 nitrogen and oxygen atoms in total. The van der Waals surface area contributed by atoms with Gasteiger partial charge < -0.3 is 0 Å². The fourth-order valence-electron chi connectivity index (χ4n) is 3.08. The molecule has 0 bridgehead atoms. The predicted molar refractivity (Wildman–Crippen MR) is 113 cm³/mol. The van der Waals surface area contributed by atoms with Crippen molar-refractivity contribution in [2.75, 3.05) is 0 Å². The van der Waals surface area contributed by atoms with E-state index in [0.29, 0.717) is 16.7 Å². The van der Waals surface area contributed by atoms with E-state index >= 15 is 0 Å². The van der Waals surface area contributed by atoms with Gasteiger partial charge in [-0.1, -0.05) is 6.07 Å². The van der Waals surface area contributed by atoms with Gasteiger partial charge in [-0.05, 0) is 51.8 Å². The second-order valence-corrected chi connectivity index (χ2v) is 10.2. The van der Waals surface area contributed by atoms with Crippen LogP contribution in [-0.4, -0.2) is 28.3 Å². The fourth-order valence-corrected chi connectivity index (χ4v) is 3.88. The first-order valence-electron chi connectivity index (χ1n) is 9.17. The molecule has 1 aromatic carbocycles. The molecular weight excluding hydrogens is 374 g/mol. The molecule has 2 aromatic heterocycles. The molecule has 0 radical (unpaired) electrons. The molecule has 0 aliphatic heterocycles. The van der Waals surface area contributed by atoms with E-state index in [0.717, 1.165) is 16.7 Å². The number of benzene rings is 1. The van der Waals surface area contributed by atoms with E-state index in [1.807, 2.05) is 60.0 Å². The Bertz CT molecular complexity index is 1120. The number of aryl methyl sites for hydroxylation is 2. The Labute approximate surface area is 167 Å². The Hall–Kier alpha value is -2.32. The van der Waals surface area contributed by atoms with Crippen LogP contribution >= 0.6 is 0 Å². The summed E-state index contributed by atoms with van der Waals surface area (Å²) in [5.41, 5.74) is 3.10. The van der Waals surface area contributed by atoms with Crippen molar-refractivity contribution in [3.8, 4) is 11.4 Å². The molecule has 0 spiro atoms. The molecule has 150 valence electrons. The van der Waals surface area contributed by atoms with Crippen LogP contribution in [0.25, 0.3) is 22.3 Å². The maximum absolute atomic E-state index is 13.1. The highest BCUT2D eigenvalue weighted by atomic mass is 32.2. The number of hydrogen-bond donors (Lipinski definition) is 1. The van der Waals surface area contributed by atoms with Crippen molar-refractivity contribution in [3.63, 3.8) is 0 Å². The van der Waals surface area contributed by atoms with Gasteiger partial charge >= 0.3 is 0 Å². The van der Waals surface area contributed by atoms with Gasteiger partial charge in [-0.25, -0.2) is 13.9 Å². The van der Waals surface area contributed by atoms with Crippen LogP contribution in [0, 0.1) is 6.92 Å². The molecule has 0 aliphatic rings. The molecule has 0 saturated carbocycles. The van der Waals surface area contributed by atoms with Gasteiger partial charge in [0.2, 0.25) is 0 Å². The maximum Gasteiger partial charge on any atom is 0.261 e. The van der Waals surface area contributed by atoms with Crippen molar-refractivity contribution >= 4 is 21.9 Å². The highest BCUT2D eigenvalue weighted by molar-refractivity contribution is 7.84. The number of hydrogen-bond acceptors (Lipinski definition) is 4. The van der Waals surface area contributed by atoms with Crippen molar-refractivity contribution in [1.29, 1.82) is 0 Å². The predicted octanol–water partition coefficient (Wildman–Crippen LogP) is 2.76. The third-order valence-corrected chi connectivity index (χ3v) is 6.30. The van der Waals surface area contributed by atoms with Crippen LogP contribution in [0.2, 0.25) is 0 Å². The summed E-state index contributed by atoms with van der Waals surface area (Å²) in [4.78, 5) is 17.9. The highest BCUT2D eigenvalue weighted by Crippen LogP contribution is 2.26. The van der Waals surface area contributed by atoms with Crippen LogP contribution in [0.1, 0.15) is 44.9 Å². The summed E-state index contributed by atoms with van der Waals surface area (Å²) in [5.74, 6) is 0.555. The molecule has 0 unspecified atom stereocenters. The van der Waals surface area contributed by atoms with E-state index in [4.69, 9.17) is 4.98 Å². The van der Waals surface area contributed by atoms with E-state index in [2.05, 4.69) is 9.82 Å². The van der Waals surface area contributed by atoms with Gasteiger partial charge in [-0.3, -0.25) is 14.0 Å². The van der Waals surface area contributed by atoms with Gasteiger partial charge in [0.25, 0.3) is 5.56 Å². The van der Waals surface area contributed by atoms with Gasteiger partial charge in [0.15, 0.2) is 0 Å². The minimum absolute atomic E-state index is 0.113. The zero-order valence-corrected chi connectivity index (χ0v) is 18.2. The summed E-state index contributed by atoms with van der Waals surface area (Å²) in [6.45, 7) is 9.66. The monoisotopic (exact) mass is 401 g/mol. The fraction of sp³-hybridized carbons (Fsp3) is 0.450. The first-order chi connectivity index (χ1) is 13.0. The van der Waals surface area contributed by atoms with Gasteiger partial charge in [0.05, 0.1) is 38.4 Å². The smallest absolute Gasteiger partial charge is 0.261 e. The Morgan fingerprint density at radius 3 is 2.46 bits per heavy atom. The molecule has 0 aliphatic carbocycles. The van der Waals surface area contributed by atoms with Gasteiger partial charge in [0, 0.05) is 26.3 Å². The van der Waals surface area contributed by atoms with Gasteiger partial charge in [-0.2, -0.15) is 5.10 Å². The molecule has 8 heteroatoms. The number of nitrogens with zero attached hydrogens (tertiary/aromatic N) is 4. The molecule has 0 saturated heterocycles. The zero-order valence-electron chi connectivity index (χ0n) is 17.4. The van der Waals surface area contributed by atoms with Crippen molar-refractivity contribution in [2.24, 2.45) is 14.1 Å². The van der Waals surface area contributed by atoms with Gasteiger partial charge in [-0.15, -0.1) is 0 Å². The summed E-state index contributed by atoms with van der Waals surface area (Å²) in [5, 5.41) is 4.75. The van der Waals surface area contributed by atoms with Gasteiger partial charge in [0.1, 0.15) is 5.82 Å². The average Bonchev–Trinajstić information content (AvgIpc) is 3.03. The summed E-state index contributed by atoms with van der Waals surface area (Å²) in [6.07, 6.45) is 3.52. The number of nitrogens with one attached hydrogen (secondary N) is 1. The first kappa shape index (κ1) is 20.4. The average molecular weight is 402 g/mol. The number of rotatable bonds is 4. The minimum atomic E-state index is -1.24. The van der Waals surface area contributed by atoms with Crippen LogP contribution in [0.4, 0.5) is 0 Å². The van der Waals surface area contributed by atoms with Crippen LogP contribution in [0.15, 0.2) is 29.3 Å². The maximum atomic E-state index is 13.1. The van der Waals surface area contributed by atoms with E-state index in [1.54, 1.807) is 22.5 Å². The largest absolute Gasteiger partial charge is 0.295 e. The molecule has 28 heavy (non-hydrogen) atoms. The number of fused-ring (bicyclic) bond motifs is 1. The molecule has 2 heterocycles. The minimum Gasteiger partial charge on any atom is -0.295 e. The highest BCUT2D eigenvalue weighted by Gasteiger charge is 2.24. The van der Waals surface area contributed by atoms with Crippen molar-refractivity contribution in [2.45, 2.75) is 45.4 Å². The molecule has 3 rings (SSSR count). The summed E-state index contributed by atoms with van der Waals surface area (Å²) in [6, 6.07) is 3.62. The SMILES string of the molecule is Cc1cc([C@@H](C)N[S@](=O)C(C)(C)C)c2nc(-c3cnn(C)c3)n(C)c(=O)c2c1. The molecule has 0 amide bonds. The lowest BCUT2D eigenvalue weighted by atomic mass is 10.0. The Balaban J connectivity index is 2.22. The summed E-state index contributed by atoms with van der Waals surface area (Å²) < 4.78 is 18.6. The lowest BCUT2D eigenvalue weighted by molar-refractivity contribution is 0.617. The molecule has 2 atom stereocenters. The third kappa shape index (κ3) is 3.79. The molecule has 3 aromatic rings. The molecule has 1 N–H and O–H groups in total. The normalized spacial score (nSPS) is 14.4. The first-order valence-corrected chi connectivity index (χ1v) is 10.3. The van der Waals surface area contributed by atoms with Crippen LogP contribution in [0.3, 0.4) is 0 Å². The van der Waals surface area contributed by atoms with E-state index in [-0.39, 0.29) is 11.6 Å². The quantitative estimate of drug-likeness (QED) is 0.729. The number of aromatic nitrogens is 4.